The van der Waals surface area contributed by atoms with Gasteiger partial charge in [0, 0.05) is 44.8 Å². The molecule has 0 spiro atoms. The predicted octanol–water partition coefficient (Wildman–Crippen LogP) is 2.69. The van der Waals surface area contributed by atoms with Crippen molar-refractivity contribution < 1.29 is 14.3 Å². The molecular weight excluding hydrogens is 468 g/mol. The molecule has 0 bridgehead atoms. The zero-order valence-electron chi connectivity index (χ0n) is 21.9. The molecule has 1 aromatic carbocycles. The van der Waals surface area contributed by atoms with E-state index < -0.39 is 0 Å². The summed E-state index contributed by atoms with van der Waals surface area (Å²) in [5, 5.41) is 0. The van der Waals surface area contributed by atoms with Crippen LogP contribution in [0.2, 0.25) is 0 Å². The van der Waals surface area contributed by atoms with Crippen LogP contribution >= 0.6 is 0 Å². The van der Waals surface area contributed by atoms with Crippen molar-refractivity contribution >= 4 is 23.3 Å². The van der Waals surface area contributed by atoms with Crippen LogP contribution in [0.25, 0.3) is 0 Å². The number of rotatable bonds is 6. The molecule has 9 heteroatoms. The highest BCUT2D eigenvalue weighted by molar-refractivity contribution is 6.06. The van der Waals surface area contributed by atoms with E-state index in [1.165, 1.54) is 11.6 Å². The molecule has 0 aliphatic carbocycles. The van der Waals surface area contributed by atoms with E-state index in [9.17, 15) is 9.59 Å². The van der Waals surface area contributed by atoms with Crippen LogP contribution in [-0.4, -0.2) is 90.5 Å². The van der Waals surface area contributed by atoms with Gasteiger partial charge in [0.15, 0.2) is 0 Å². The number of aryl methyl sites for hydroxylation is 2. The smallest absolute Gasteiger partial charge is 0.319 e. The number of ether oxygens (including phenoxy) is 1. The van der Waals surface area contributed by atoms with Gasteiger partial charge in [-0.15, -0.1) is 0 Å². The Morgan fingerprint density at radius 2 is 1.92 bits per heavy atom. The third-order valence-corrected chi connectivity index (χ3v) is 7.74. The van der Waals surface area contributed by atoms with Crippen LogP contribution in [0, 0.1) is 6.92 Å². The summed E-state index contributed by atoms with van der Waals surface area (Å²) < 4.78 is 6.10. The molecule has 1 aromatic heterocycles. The van der Waals surface area contributed by atoms with Gasteiger partial charge in [0.1, 0.15) is 18.1 Å². The maximum atomic E-state index is 13.9. The number of fused-ring (bicyclic) bond motifs is 1. The van der Waals surface area contributed by atoms with Gasteiger partial charge < -0.3 is 24.3 Å². The molecule has 4 heterocycles. The highest BCUT2D eigenvalue weighted by Crippen LogP contribution is 2.32. The lowest BCUT2D eigenvalue weighted by Crippen LogP contribution is -2.48. The van der Waals surface area contributed by atoms with Crippen molar-refractivity contribution in [1.29, 1.82) is 0 Å². The van der Waals surface area contributed by atoms with Gasteiger partial charge in [0.2, 0.25) is 5.91 Å². The fraction of sp³-hybridized carbons (Fsp3) is 0.500. The average molecular weight is 505 g/mol. The van der Waals surface area contributed by atoms with Gasteiger partial charge in [-0.2, -0.15) is 9.97 Å². The van der Waals surface area contributed by atoms with Gasteiger partial charge in [-0.25, -0.2) is 0 Å². The molecule has 0 unspecified atom stereocenters. The Morgan fingerprint density at radius 1 is 1.11 bits per heavy atom. The monoisotopic (exact) mass is 504 g/mol. The van der Waals surface area contributed by atoms with Crippen LogP contribution in [0.4, 0.5) is 11.5 Å². The van der Waals surface area contributed by atoms with Crippen molar-refractivity contribution in [3.05, 3.63) is 53.7 Å². The Morgan fingerprint density at radius 3 is 2.65 bits per heavy atom. The number of carbonyl (C=O) groups is 2. The Bertz CT molecular complexity index is 1180. The van der Waals surface area contributed by atoms with Crippen molar-refractivity contribution in [2.45, 2.75) is 38.6 Å². The van der Waals surface area contributed by atoms with E-state index in [2.05, 4.69) is 34.5 Å². The van der Waals surface area contributed by atoms with Crippen LogP contribution < -0.4 is 14.5 Å². The first-order chi connectivity index (χ1) is 17.9. The minimum absolute atomic E-state index is 0.0676. The lowest BCUT2D eigenvalue weighted by atomic mass is 9.98. The summed E-state index contributed by atoms with van der Waals surface area (Å²) in [7, 11) is 2.10. The molecule has 5 rings (SSSR count). The molecule has 37 heavy (non-hydrogen) atoms. The number of aromatic nitrogens is 2. The molecule has 1 atom stereocenters. The Hall–Kier alpha value is -3.46. The number of piperazine rings is 1. The summed E-state index contributed by atoms with van der Waals surface area (Å²) in [6, 6.07) is 8.52. The summed E-state index contributed by atoms with van der Waals surface area (Å²) in [6.07, 6.45) is 5.45. The van der Waals surface area contributed by atoms with E-state index in [-0.39, 0.29) is 17.8 Å². The third-order valence-electron chi connectivity index (χ3n) is 7.74. The third kappa shape index (κ3) is 5.32. The van der Waals surface area contributed by atoms with Gasteiger partial charge in [0.25, 0.3) is 5.91 Å². The molecule has 2 fully saturated rings. The molecule has 0 saturated carbocycles. The van der Waals surface area contributed by atoms with Crippen LogP contribution in [-0.2, 0) is 11.2 Å². The molecule has 196 valence electrons. The number of hydrogen-bond donors (Lipinski definition) is 0. The summed E-state index contributed by atoms with van der Waals surface area (Å²) in [5.74, 6) is 0.449. The lowest BCUT2D eigenvalue weighted by molar-refractivity contribution is -0.126. The zero-order valence-corrected chi connectivity index (χ0v) is 21.9. The number of hydrogen-bond acceptors (Lipinski definition) is 7. The predicted molar refractivity (Wildman–Crippen MR) is 143 cm³/mol. The molecule has 9 nitrogen and oxygen atoms in total. The van der Waals surface area contributed by atoms with E-state index >= 15 is 0 Å². The molecular formula is C28H36N6O3. The van der Waals surface area contributed by atoms with E-state index in [1.807, 2.05) is 24.0 Å². The number of para-hydroxylation sites is 1. The minimum Gasteiger partial charge on any atom is -0.462 e. The molecule has 3 aliphatic heterocycles. The number of likely N-dealkylation sites (tertiary alicyclic amines) is 1. The molecule has 2 saturated heterocycles. The highest BCUT2D eigenvalue weighted by Gasteiger charge is 2.29. The number of benzene rings is 1. The number of likely N-dealkylation sites (N-methyl/N-ethyl adjacent to an activating group) is 1. The van der Waals surface area contributed by atoms with Gasteiger partial charge in [-0.1, -0.05) is 24.8 Å². The van der Waals surface area contributed by atoms with Crippen molar-refractivity contribution in [1.82, 2.24) is 19.8 Å². The maximum Gasteiger partial charge on any atom is 0.319 e. The zero-order chi connectivity index (χ0) is 25.9. The first-order valence-electron chi connectivity index (χ1n) is 13.2. The van der Waals surface area contributed by atoms with Crippen LogP contribution in [0.3, 0.4) is 0 Å². The van der Waals surface area contributed by atoms with E-state index in [1.54, 1.807) is 11.0 Å². The average Bonchev–Trinajstić information content (AvgIpc) is 3.35. The van der Waals surface area contributed by atoms with Crippen molar-refractivity contribution in [2.24, 2.45) is 0 Å². The highest BCUT2D eigenvalue weighted by atomic mass is 16.5. The first-order valence-corrected chi connectivity index (χ1v) is 13.2. The van der Waals surface area contributed by atoms with E-state index in [4.69, 9.17) is 9.72 Å². The molecule has 2 amide bonds. The molecule has 3 aliphatic rings. The normalized spacial score (nSPS) is 20.1. The Balaban J connectivity index is 1.43. The van der Waals surface area contributed by atoms with Gasteiger partial charge in [-0.3, -0.25) is 9.59 Å². The quantitative estimate of drug-likeness (QED) is 0.560. The van der Waals surface area contributed by atoms with Crippen LogP contribution in [0.1, 0.15) is 40.9 Å². The summed E-state index contributed by atoms with van der Waals surface area (Å²) in [6.45, 7) is 10.2. The van der Waals surface area contributed by atoms with Gasteiger partial charge in [0.05, 0.1) is 5.69 Å². The van der Waals surface area contributed by atoms with Crippen molar-refractivity contribution in [3.8, 4) is 6.01 Å². The van der Waals surface area contributed by atoms with Crippen molar-refractivity contribution in [3.63, 3.8) is 0 Å². The Kier molecular flexibility index (Phi) is 7.41. The van der Waals surface area contributed by atoms with Crippen LogP contribution in [0.5, 0.6) is 6.01 Å². The fourth-order valence-corrected chi connectivity index (χ4v) is 5.58. The fourth-order valence-electron chi connectivity index (χ4n) is 5.58. The summed E-state index contributed by atoms with van der Waals surface area (Å²) in [4.78, 5) is 43.2. The van der Waals surface area contributed by atoms with E-state index in [0.717, 1.165) is 43.5 Å². The standard InChI is InChI=1S/C28H36N6O3/c1-4-25(35)33-16-14-32(15-17-33)24-18-23(29-28(30-24)37-19-22-11-7-12-31(22)3)27(36)34-13-6-10-21-9-5-8-20(2)26(21)34/h4-5,8-9,18,22H,1,6-7,10-17,19H2,2-3H3/t22-/m0/s1. The number of amides is 2. The maximum absolute atomic E-state index is 13.9. The second-order valence-corrected chi connectivity index (χ2v) is 10.1. The first kappa shape index (κ1) is 25.2. The lowest BCUT2D eigenvalue weighted by Gasteiger charge is -2.35. The van der Waals surface area contributed by atoms with Crippen LogP contribution in [0.15, 0.2) is 36.9 Å². The summed E-state index contributed by atoms with van der Waals surface area (Å²) >= 11 is 0. The molecule has 2 aromatic rings. The molecule has 0 radical (unpaired) electrons. The number of anilines is 2. The Labute approximate surface area is 218 Å². The molecule has 0 N–H and O–H groups in total. The van der Waals surface area contributed by atoms with Gasteiger partial charge in [-0.05, 0) is 63.4 Å². The second kappa shape index (κ2) is 10.9. The topological polar surface area (TPSA) is 82.1 Å². The summed E-state index contributed by atoms with van der Waals surface area (Å²) in [5.41, 5.74) is 3.60. The number of nitrogens with zero attached hydrogens (tertiary/aromatic N) is 6. The second-order valence-electron chi connectivity index (χ2n) is 10.1. The SMILES string of the molecule is C=CC(=O)N1CCN(c2cc(C(=O)N3CCCc4cccc(C)c43)nc(OC[C@@H]3CCCN3C)n2)CC1. The minimum atomic E-state index is -0.137. The largest absolute Gasteiger partial charge is 0.462 e. The van der Waals surface area contributed by atoms with Crippen molar-refractivity contribution in [2.75, 3.05) is 62.7 Å². The van der Waals surface area contributed by atoms with Gasteiger partial charge >= 0.3 is 6.01 Å². The van der Waals surface area contributed by atoms with E-state index in [0.29, 0.717) is 56.9 Å². The number of carbonyl (C=O) groups excluding carboxylic acids is 2.